The second kappa shape index (κ2) is 8.15. The van der Waals surface area contributed by atoms with E-state index in [4.69, 9.17) is 14.2 Å². The normalized spacial score (nSPS) is 20.6. The van der Waals surface area contributed by atoms with Crippen LogP contribution in [0.4, 0.5) is 0 Å². The minimum Gasteiger partial charge on any atom is -0.493 e. The van der Waals surface area contributed by atoms with Gasteiger partial charge in [0.1, 0.15) is 0 Å². The first kappa shape index (κ1) is 18.3. The van der Waals surface area contributed by atoms with E-state index in [1.807, 2.05) is 13.8 Å². The Morgan fingerprint density at radius 2 is 1.71 bits per heavy atom. The van der Waals surface area contributed by atoms with E-state index in [0.29, 0.717) is 30.2 Å². The number of nitrogens with zero attached hydrogens (tertiary/aromatic N) is 1. The molecule has 1 amide bonds. The molecule has 132 valence electrons. The largest absolute Gasteiger partial charge is 0.493 e. The Morgan fingerprint density at radius 1 is 1.08 bits per heavy atom. The monoisotopic (exact) mass is 335 g/mol. The van der Waals surface area contributed by atoms with Gasteiger partial charge in [-0.15, -0.1) is 0 Å². The fourth-order valence-corrected chi connectivity index (χ4v) is 2.91. The molecule has 0 radical (unpaired) electrons. The van der Waals surface area contributed by atoms with Gasteiger partial charge in [0.15, 0.2) is 17.3 Å². The number of Topliss-reactive ketones (excluding diaryl/α,β-unsaturated/α-hetero) is 1. The number of carbonyl (C=O) groups excluding carboxylic acids is 2. The van der Waals surface area contributed by atoms with Gasteiger partial charge in [-0.2, -0.15) is 0 Å². The topological polar surface area (TPSA) is 65.1 Å². The lowest BCUT2D eigenvalue weighted by Gasteiger charge is -2.35. The maximum absolute atomic E-state index is 12.3. The predicted molar refractivity (Wildman–Crippen MR) is 89.7 cm³/mol. The molecule has 2 atom stereocenters. The minimum absolute atomic E-state index is 0.00849. The lowest BCUT2D eigenvalue weighted by atomic mass is 10.1. The third-order valence-electron chi connectivity index (χ3n) is 4.04. The van der Waals surface area contributed by atoms with Gasteiger partial charge in [0.05, 0.1) is 26.4 Å². The van der Waals surface area contributed by atoms with Gasteiger partial charge in [-0.25, -0.2) is 0 Å². The van der Waals surface area contributed by atoms with Gasteiger partial charge in [0.25, 0.3) is 0 Å². The number of amides is 1. The zero-order valence-corrected chi connectivity index (χ0v) is 14.7. The van der Waals surface area contributed by atoms with Crippen molar-refractivity contribution in [1.29, 1.82) is 0 Å². The van der Waals surface area contributed by atoms with Crippen LogP contribution in [0.3, 0.4) is 0 Å². The summed E-state index contributed by atoms with van der Waals surface area (Å²) in [6.07, 6.45) is 0.430. The van der Waals surface area contributed by atoms with Crippen molar-refractivity contribution >= 4 is 11.7 Å². The van der Waals surface area contributed by atoms with E-state index in [0.717, 1.165) is 0 Å². The molecule has 1 aromatic carbocycles. The Hall–Kier alpha value is -2.08. The Labute approximate surface area is 142 Å². The maximum atomic E-state index is 12.3. The summed E-state index contributed by atoms with van der Waals surface area (Å²) in [5.74, 6) is 0.983. The van der Waals surface area contributed by atoms with Crippen LogP contribution in [0.5, 0.6) is 11.5 Å². The molecule has 0 aliphatic carbocycles. The molecule has 0 unspecified atom stereocenters. The molecule has 0 saturated carbocycles. The molecule has 2 rings (SSSR count). The zero-order valence-electron chi connectivity index (χ0n) is 14.7. The number of hydrogen-bond acceptors (Lipinski definition) is 5. The van der Waals surface area contributed by atoms with Crippen LogP contribution in [-0.2, 0) is 9.53 Å². The van der Waals surface area contributed by atoms with Crippen LogP contribution in [0.15, 0.2) is 18.2 Å². The number of hydrogen-bond donors (Lipinski definition) is 0. The quantitative estimate of drug-likeness (QED) is 0.747. The molecule has 1 heterocycles. The van der Waals surface area contributed by atoms with E-state index in [1.165, 1.54) is 7.11 Å². The Balaban J connectivity index is 1.94. The highest BCUT2D eigenvalue weighted by molar-refractivity contribution is 5.98. The summed E-state index contributed by atoms with van der Waals surface area (Å²) in [5.41, 5.74) is 0.518. The van der Waals surface area contributed by atoms with Crippen molar-refractivity contribution in [2.45, 2.75) is 38.9 Å². The average Bonchev–Trinajstić information content (AvgIpc) is 2.57. The molecule has 1 aromatic rings. The minimum atomic E-state index is -0.0846. The van der Waals surface area contributed by atoms with Crippen molar-refractivity contribution in [3.63, 3.8) is 0 Å². The number of carbonyl (C=O) groups is 2. The number of ketones is 1. The summed E-state index contributed by atoms with van der Waals surface area (Å²) in [4.78, 5) is 26.4. The van der Waals surface area contributed by atoms with Gasteiger partial charge in [-0.1, -0.05) is 0 Å². The van der Waals surface area contributed by atoms with Gasteiger partial charge in [-0.3, -0.25) is 9.59 Å². The molecule has 6 nitrogen and oxygen atoms in total. The van der Waals surface area contributed by atoms with Crippen LogP contribution in [0, 0.1) is 0 Å². The molecule has 1 aliphatic rings. The van der Waals surface area contributed by atoms with Gasteiger partial charge in [0, 0.05) is 31.5 Å². The van der Waals surface area contributed by atoms with Crippen LogP contribution in [0.25, 0.3) is 0 Å². The summed E-state index contributed by atoms with van der Waals surface area (Å²) < 4.78 is 16.0. The molecule has 1 saturated heterocycles. The Morgan fingerprint density at radius 3 is 2.29 bits per heavy atom. The third kappa shape index (κ3) is 4.47. The first-order valence-electron chi connectivity index (χ1n) is 8.13. The van der Waals surface area contributed by atoms with Crippen LogP contribution in [-0.4, -0.2) is 56.1 Å². The molecular formula is C18H25NO5. The lowest BCUT2D eigenvalue weighted by Crippen LogP contribution is -2.48. The number of methoxy groups -OCH3 is 2. The standard InChI is InChI=1S/C18H25NO5/c1-12-10-19(11-13(2)24-12)18(21)8-6-15(20)14-5-7-16(22-3)17(9-14)23-4/h5,7,9,12-13H,6,8,10-11H2,1-4H3/t12-,13+. The second-order valence-corrected chi connectivity index (χ2v) is 6.05. The fourth-order valence-electron chi connectivity index (χ4n) is 2.91. The van der Waals surface area contributed by atoms with Gasteiger partial charge < -0.3 is 19.1 Å². The molecule has 0 spiro atoms. The first-order valence-corrected chi connectivity index (χ1v) is 8.13. The van der Waals surface area contributed by atoms with Crippen molar-refractivity contribution in [3.8, 4) is 11.5 Å². The van der Waals surface area contributed by atoms with Crippen molar-refractivity contribution in [2.24, 2.45) is 0 Å². The third-order valence-corrected chi connectivity index (χ3v) is 4.04. The van der Waals surface area contributed by atoms with Crippen molar-refractivity contribution in [3.05, 3.63) is 23.8 Å². The first-order chi connectivity index (χ1) is 11.4. The maximum Gasteiger partial charge on any atom is 0.223 e. The summed E-state index contributed by atoms with van der Waals surface area (Å²) in [7, 11) is 3.07. The molecular weight excluding hydrogens is 310 g/mol. The molecule has 1 aliphatic heterocycles. The molecule has 6 heteroatoms. The summed E-state index contributed by atoms with van der Waals surface area (Å²) in [6.45, 7) is 5.05. The van der Waals surface area contributed by atoms with E-state index in [2.05, 4.69) is 0 Å². The van der Waals surface area contributed by atoms with E-state index in [1.54, 1.807) is 30.2 Å². The summed E-state index contributed by atoms with van der Waals surface area (Å²) in [6, 6.07) is 5.02. The average molecular weight is 335 g/mol. The highest BCUT2D eigenvalue weighted by Crippen LogP contribution is 2.28. The predicted octanol–water partition coefficient (Wildman–Crippen LogP) is 2.30. The summed E-state index contributed by atoms with van der Waals surface area (Å²) in [5, 5.41) is 0. The molecule has 1 fully saturated rings. The zero-order chi connectivity index (χ0) is 17.7. The highest BCUT2D eigenvalue weighted by Gasteiger charge is 2.26. The van der Waals surface area contributed by atoms with Crippen LogP contribution >= 0.6 is 0 Å². The summed E-state index contributed by atoms with van der Waals surface area (Å²) >= 11 is 0. The SMILES string of the molecule is COc1ccc(C(=O)CCC(=O)N2C[C@@H](C)O[C@@H](C)C2)cc1OC. The van der Waals surface area contributed by atoms with Gasteiger partial charge in [0.2, 0.25) is 5.91 Å². The van der Waals surface area contributed by atoms with E-state index in [9.17, 15) is 9.59 Å². The number of benzene rings is 1. The van der Waals surface area contributed by atoms with Crippen molar-refractivity contribution in [2.75, 3.05) is 27.3 Å². The molecule has 0 aromatic heterocycles. The number of rotatable bonds is 6. The lowest BCUT2D eigenvalue weighted by molar-refractivity contribution is -0.143. The Bertz CT molecular complexity index is 591. The van der Waals surface area contributed by atoms with E-state index >= 15 is 0 Å². The van der Waals surface area contributed by atoms with Crippen LogP contribution in [0.2, 0.25) is 0 Å². The van der Waals surface area contributed by atoms with Crippen molar-refractivity contribution in [1.82, 2.24) is 4.90 Å². The van der Waals surface area contributed by atoms with Gasteiger partial charge >= 0.3 is 0 Å². The highest BCUT2D eigenvalue weighted by atomic mass is 16.5. The van der Waals surface area contributed by atoms with Gasteiger partial charge in [-0.05, 0) is 32.0 Å². The second-order valence-electron chi connectivity index (χ2n) is 6.05. The molecule has 0 N–H and O–H groups in total. The van der Waals surface area contributed by atoms with E-state index < -0.39 is 0 Å². The van der Waals surface area contributed by atoms with Crippen LogP contribution < -0.4 is 9.47 Å². The number of morpholine rings is 1. The van der Waals surface area contributed by atoms with Crippen LogP contribution in [0.1, 0.15) is 37.0 Å². The van der Waals surface area contributed by atoms with Crippen molar-refractivity contribution < 1.29 is 23.8 Å². The fraction of sp³-hybridized carbons (Fsp3) is 0.556. The Kier molecular flexibility index (Phi) is 6.20. The molecule has 0 bridgehead atoms. The smallest absolute Gasteiger partial charge is 0.223 e. The van der Waals surface area contributed by atoms with E-state index in [-0.39, 0.29) is 36.7 Å². The number of ether oxygens (including phenoxy) is 3. The molecule has 24 heavy (non-hydrogen) atoms.